The second-order valence-electron chi connectivity index (χ2n) is 11.6. The summed E-state index contributed by atoms with van der Waals surface area (Å²) in [5.41, 5.74) is 0.817. The number of carbonyl (C=O) groups is 4. The van der Waals surface area contributed by atoms with Gasteiger partial charge in [0.05, 0.1) is 29.8 Å². The highest BCUT2D eigenvalue weighted by atomic mass is 35.5. The number of benzene rings is 1. The van der Waals surface area contributed by atoms with Crippen molar-refractivity contribution < 1.29 is 28.7 Å². The molecule has 1 aliphatic heterocycles. The van der Waals surface area contributed by atoms with Gasteiger partial charge in [-0.2, -0.15) is 4.98 Å². The SMILES string of the molecule is COC(=O)CCc1nc(Nc2nc3c(n2C)C(=O)C(Cc2cc4c(Cl)cccc4n2C(=O)OC(C)(C)C)C(=O)N3C)ccc1Cl. The second-order valence-corrected chi connectivity index (χ2v) is 12.4. The Morgan fingerprint density at radius 3 is 2.47 bits per heavy atom. The number of ketones is 1. The first-order chi connectivity index (χ1) is 21.2. The number of hydrogen-bond acceptors (Lipinski definition) is 9. The minimum absolute atomic E-state index is 0.0814. The molecule has 236 valence electrons. The van der Waals surface area contributed by atoms with Crippen LogP contribution in [0.4, 0.5) is 22.4 Å². The standard InChI is InChI=1S/C31H32Cl2N6O6/c1-31(2,3)45-30(43)39-16(14-17-19(32)8-7-9-22(17)39)15-18-26(41)25-27(38(5)28(18)42)36-29(37(25)4)35-23-12-10-20(33)21(34-23)11-13-24(40)44-6/h7-10,12,14,18H,11,13,15H2,1-6H3,(H,34,35,36). The van der Waals surface area contributed by atoms with Crippen molar-refractivity contribution >= 4 is 75.4 Å². The summed E-state index contributed by atoms with van der Waals surface area (Å²) >= 11 is 12.7. The summed E-state index contributed by atoms with van der Waals surface area (Å²) in [7, 11) is 4.50. The molecule has 3 aromatic heterocycles. The van der Waals surface area contributed by atoms with Crippen molar-refractivity contribution in [3.05, 3.63) is 63.5 Å². The molecule has 5 rings (SSSR count). The van der Waals surface area contributed by atoms with Crippen LogP contribution in [0, 0.1) is 5.92 Å². The molecule has 45 heavy (non-hydrogen) atoms. The van der Waals surface area contributed by atoms with Gasteiger partial charge in [-0.3, -0.25) is 19.3 Å². The number of anilines is 3. The Kier molecular flexibility index (Phi) is 8.65. The van der Waals surface area contributed by atoms with Crippen LogP contribution in [-0.4, -0.2) is 62.6 Å². The molecule has 4 heterocycles. The Balaban J connectivity index is 1.47. The molecular weight excluding hydrogens is 623 g/mol. The predicted octanol–water partition coefficient (Wildman–Crippen LogP) is 5.73. The van der Waals surface area contributed by atoms with E-state index in [1.54, 1.807) is 75.8 Å². The molecule has 4 aromatic rings. The molecule has 0 spiro atoms. The number of carbonyl (C=O) groups excluding carboxylic acids is 4. The number of halogens is 2. The number of aryl methyl sites for hydroxylation is 1. The first kappa shape index (κ1) is 32.0. The number of ether oxygens (including phenoxy) is 2. The first-order valence-electron chi connectivity index (χ1n) is 14.1. The molecule has 14 heteroatoms. The summed E-state index contributed by atoms with van der Waals surface area (Å²) in [6.45, 7) is 5.26. The predicted molar refractivity (Wildman–Crippen MR) is 170 cm³/mol. The lowest BCUT2D eigenvalue weighted by molar-refractivity contribution is -0.140. The summed E-state index contributed by atoms with van der Waals surface area (Å²) in [4.78, 5) is 62.9. The van der Waals surface area contributed by atoms with E-state index in [4.69, 9.17) is 32.7 Å². The number of Topliss-reactive ketones (excluding diaryl/α,β-unsaturated/α-hetero) is 1. The molecule has 0 aliphatic carbocycles. The topological polar surface area (TPSA) is 138 Å². The van der Waals surface area contributed by atoms with Gasteiger partial charge >= 0.3 is 12.1 Å². The van der Waals surface area contributed by atoms with Crippen LogP contribution in [0.1, 0.15) is 49.1 Å². The van der Waals surface area contributed by atoms with Gasteiger partial charge in [-0.25, -0.2) is 14.3 Å². The molecule has 0 saturated heterocycles. The third kappa shape index (κ3) is 6.25. The molecular formula is C31H32Cl2N6O6. The Labute approximate surface area is 269 Å². The number of pyridine rings is 1. The second kappa shape index (κ2) is 12.2. The maximum Gasteiger partial charge on any atom is 0.419 e. The third-order valence-corrected chi connectivity index (χ3v) is 8.06. The molecule has 12 nitrogen and oxygen atoms in total. The van der Waals surface area contributed by atoms with Crippen LogP contribution in [0.15, 0.2) is 36.4 Å². The molecule has 0 radical (unpaired) electrons. The summed E-state index contributed by atoms with van der Waals surface area (Å²) in [5.74, 6) is -1.64. The zero-order valence-electron chi connectivity index (χ0n) is 25.6. The number of imidazole rings is 1. The van der Waals surface area contributed by atoms with Crippen LogP contribution in [-0.2, 0) is 39.0 Å². The number of fused-ring (bicyclic) bond motifs is 2. The van der Waals surface area contributed by atoms with Gasteiger partial charge in [0.1, 0.15) is 23.0 Å². The summed E-state index contributed by atoms with van der Waals surface area (Å²) in [6, 6.07) is 10.1. The minimum atomic E-state index is -1.14. The molecule has 1 amide bonds. The molecule has 0 saturated carbocycles. The maximum absolute atomic E-state index is 14.0. The molecule has 1 aromatic carbocycles. The molecule has 1 aliphatic rings. The van der Waals surface area contributed by atoms with Crippen molar-refractivity contribution in [3.8, 4) is 0 Å². The lowest BCUT2D eigenvalue weighted by Crippen LogP contribution is -2.44. The zero-order chi connectivity index (χ0) is 32.8. The lowest BCUT2D eigenvalue weighted by atomic mass is 9.91. The Morgan fingerprint density at radius 1 is 1.04 bits per heavy atom. The molecule has 0 fully saturated rings. The fourth-order valence-electron chi connectivity index (χ4n) is 5.20. The van der Waals surface area contributed by atoms with E-state index in [-0.39, 0.29) is 36.7 Å². The van der Waals surface area contributed by atoms with Gasteiger partial charge < -0.3 is 19.4 Å². The van der Waals surface area contributed by atoms with Crippen molar-refractivity contribution in [2.45, 2.75) is 45.6 Å². The maximum atomic E-state index is 14.0. The van der Waals surface area contributed by atoms with E-state index < -0.39 is 35.3 Å². The molecule has 1 atom stereocenters. The molecule has 1 N–H and O–H groups in total. The van der Waals surface area contributed by atoms with Crippen LogP contribution >= 0.6 is 23.2 Å². The highest BCUT2D eigenvalue weighted by molar-refractivity contribution is 6.35. The number of nitrogens with one attached hydrogen (secondary N) is 1. The van der Waals surface area contributed by atoms with Crippen LogP contribution in [0.2, 0.25) is 10.0 Å². The van der Waals surface area contributed by atoms with Crippen molar-refractivity contribution in [1.82, 2.24) is 19.1 Å². The quantitative estimate of drug-likeness (QED) is 0.196. The van der Waals surface area contributed by atoms with Crippen molar-refractivity contribution in [3.63, 3.8) is 0 Å². The van der Waals surface area contributed by atoms with Crippen LogP contribution in [0.3, 0.4) is 0 Å². The minimum Gasteiger partial charge on any atom is -0.469 e. The van der Waals surface area contributed by atoms with Gasteiger partial charge in [0.2, 0.25) is 11.9 Å². The van der Waals surface area contributed by atoms with Crippen molar-refractivity contribution in [1.29, 1.82) is 0 Å². The lowest BCUT2D eigenvalue weighted by Gasteiger charge is -2.28. The van der Waals surface area contributed by atoms with Gasteiger partial charge in [-0.05, 0) is 51.1 Å². The third-order valence-electron chi connectivity index (χ3n) is 7.38. The highest BCUT2D eigenvalue weighted by Gasteiger charge is 2.42. The van der Waals surface area contributed by atoms with E-state index in [0.29, 0.717) is 38.2 Å². The van der Waals surface area contributed by atoms with Gasteiger partial charge in [-0.15, -0.1) is 0 Å². The Morgan fingerprint density at radius 2 is 1.78 bits per heavy atom. The Hall–Kier alpha value is -4.42. The number of esters is 1. The van der Waals surface area contributed by atoms with Crippen LogP contribution in [0.5, 0.6) is 0 Å². The monoisotopic (exact) mass is 654 g/mol. The number of rotatable bonds is 7. The average Bonchev–Trinajstić information content (AvgIpc) is 3.51. The number of nitrogens with zero attached hydrogens (tertiary/aromatic N) is 5. The Bertz CT molecular complexity index is 1860. The van der Waals surface area contributed by atoms with E-state index in [2.05, 4.69) is 15.3 Å². The van der Waals surface area contributed by atoms with E-state index in [9.17, 15) is 19.2 Å². The van der Waals surface area contributed by atoms with Crippen LogP contribution < -0.4 is 10.2 Å². The average molecular weight is 656 g/mol. The normalized spacial score (nSPS) is 14.9. The summed E-state index contributed by atoms with van der Waals surface area (Å²) < 4.78 is 13.3. The number of hydrogen-bond donors (Lipinski definition) is 1. The number of aromatic nitrogens is 4. The first-order valence-corrected chi connectivity index (χ1v) is 14.9. The fourth-order valence-corrected chi connectivity index (χ4v) is 5.62. The zero-order valence-corrected chi connectivity index (χ0v) is 27.1. The van der Waals surface area contributed by atoms with E-state index in [0.717, 1.165) is 0 Å². The highest BCUT2D eigenvalue weighted by Crippen LogP contribution is 2.35. The number of methoxy groups -OCH3 is 1. The largest absolute Gasteiger partial charge is 0.469 e. The van der Waals surface area contributed by atoms with E-state index >= 15 is 0 Å². The van der Waals surface area contributed by atoms with Crippen LogP contribution in [0.25, 0.3) is 10.9 Å². The van der Waals surface area contributed by atoms with Gasteiger partial charge in [0.15, 0.2) is 11.6 Å². The smallest absolute Gasteiger partial charge is 0.419 e. The fraction of sp³-hybridized carbons (Fsp3) is 0.355. The summed E-state index contributed by atoms with van der Waals surface area (Å²) in [6.07, 6.45) is -0.360. The number of amides is 1. The van der Waals surface area contributed by atoms with E-state index in [1.807, 2.05) is 0 Å². The van der Waals surface area contributed by atoms with Crippen molar-refractivity contribution in [2.24, 2.45) is 13.0 Å². The van der Waals surface area contributed by atoms with Gasteiger partial charge in [-0.1, -0.05) is 29.3 Å². The molecule has 0 bridgehead atoms. The van der Waals surface area contributed by atoms with E-state index in [1.165, 1.54) is 16.6 Å². The van der Waals surface area contributed by atoms with Crippen molar-refractivity contribution in [2.75, 3.05) is 24.4 Å². The molecule has 1 unspecified atom stereocenters. The summed E-state index contributed by atoms with van der Waals surface area (Å²) in [5, 5.41) is 4.49. The van der Waals surface area contributed by atoms with Gasteiger partial charge in [0, 0.05) is 43.0 Å². The van der Waals surface area contributed by atoms with Gasteiger partial charge in [0.25, 0.3) is 0 Å².